The van der Waals surface area contributed by atoms with Crippen LogP contribution in [0.2, 0.25) is 0 Å². The van der Waals surface area contributed by atoms with E-state index in [1.807, 2.05) is 0 Å². The molecule has 19 heavy (non-hydrogen) atoms. The van der Waals surface area contributed by atoms with E-state index < -0.39 is 0 Å². The second kappa shape index (κ2) is 4.97. The molecule has 0 aromatic heterocycles. The highest BCUT2D eigenvalue weighted by Gasteiger charge is 2.42. The lowest BCUT2D eigenvalue weighted by atomic mass is 9.68. The van der Waals surface area contributed by atoms with Crippen LogP contribution < -0.4 is 11.1 Å². The Bertz CT molecular complexity index is 486. The maximum atomic E-state index is 12.2. The SMILES string of the molecule is NCC1(C(=O)NCc2ccc3c(c2)CCC3)CCC1. The molecule has 1 saturated carbocycles. The van der Waals surface area contributed by atoms with Gasteiger partial charge in [-0.25, -0.2) is 0 Å². The highest BCUT2D eigenvalue weighted by atomic mass is 16.2. The fourth-order valence-electron chi connectivity index (χ4n) is 3.23. The standard InChI is InChI=1S/C16H22N2O/c17-11-16(7-2-8-16)15(19)18-10-12-5-6-13-3-1-4-14(13)9-12/h5-6,9H,1-4,7-8,10-11,17H2,(H,18,19). The van der Waals surface area contributed by atoms with Crippen molar-refractivity contribution in [2.75, 3.05) is 6.54 Å². The molecule has 0 atom stereocenters. The molecular formula is C16H22N2O. The Kier molecular flexibility index (Phi) is 3.31. The molecule has 1 fully saturated rings. The number of nitrogens with two attached hydrogens (primary N) is 1. The second-order valence-electron chi connectivity index (χ2n) is 5.98. The van der Waals surface area contributed by atoms with Crippen LogP contribution in [0.5, 0.6) is 0 Å². The summed E-state index contributed by atoms with van der Waals surface area (Å²) in [4.78, 5) is 12.2. The summed E-state index contributed by atoms with van der Waals surface area (Å²) in [5, 5.41) is 3.06. The number of rotatable bonds is 4. The van der Waals surface area contributed by atoms with Crippen LogP contribution in [0.3, 0.4) is 0 Å². The first kappa shape index (κ1) is 12.7. The number of aryl methyl sites for hydroxylation is 2. The maximum Gasteiger partial charge on any atom is 0.227 e. The van der Waals surface area contributed by atoms with Gasteiger partial charge in [0.2, 0.25) is 5.91 Å². The smallest absolute Gasteiger partial charge is 0.227 e. The van der Waals surface area contributed by atoms with Crippen LogP contribution in [-0.2, 0) is 24.2 Å². The van der Waals surface area contributed by atoms with Crippen LogP contribution >= 0.6 is 0 Å². The molecule has 3 rings (SSSR count). The largest absolute Gasteiger partial charge is 0.352 e. The number of hydrogen-bond donors (Lipinski definition) is 2. The van der Waals surface area contributed by atoms with Gasteiger partial charge < -0.3 is 11.1 Å². The summed E-state index contributed by atoms with van der Waals surface area (Å²) in [6.45, 7) is 1.11. The third kappa shape index (κ3) is 2.27. The molecular weight excluding hydrogens is 236 g/mol. The summed E-state index contributed by atoms with van der Waals surface area (Å²) >= 11 is 0. The number of hydrogen-bond acceptors (Lipinski definition) is 2. The molecule has 3 N–H and O–H groups in total. The molecule has 0 saturated heterocycles. The van der Waals surface area contributed by atoms with E-state index in [2.05, 4.69) is 23.5 Å². The van der Waals surface area contributed by atoms with Crippen LogP contribution in [-0.4, -0.2) is 12.5 Å². The van der Waals surface area contributed by atoms with Gasteiger partial charge in [0.25, 0.3) is 0 Å². The Labute approximate surface area is 114 Å². The summed E-state index contributed by atoms with van der Waals surface area (Å²) in [5.74, 6) is 0.141. The highest BCUT2D eigenvalue weighted by molar-refractivity contribution is 5.83. The van der Waals surface area contributed by atoms with E-state index >= 15 is 0 Å². The Balaban J connectivity index is 1.62. The quantitative estimate of drug-likeness (QED) is 0.867. The molecule has 0 spiro atoms. The lowest BCUT2D eigenvalue weighted by molar-refractivity contribution is -0.135. The molecule has 0 bridgehead atoms. The Morgan fingerprint density at radius 3 is 2.68 bits per heavy atom. The van der Waals surface area contributed by atoms with Crippen LogP contribution in [0.4, 0.5) is 0 Å². The highest BCUT2D eigenvalue weighted by Crippen LogP contribution is 2.40. The number of carbonyl (C=O) groups excluding carboxylic acids is 1. The van der Waals surface area contributed by atoms with Crippen molar-refractivity contribution in [3.05, 3.63) is 34.9 Å². The molecule has 1 aromatic rings. The van der Waals surface area contributed by atoms with Crippen molar-refractivity contribution >= 4 is 5.91 Å². The van der Waals surface area contributed by atoms with Crippen LogP contribution in [0, 0.1) is 5.41 Å². The number of amides is 1. The van der Waals surface area contributed by atoms with Crippen LogP contribution in [0.1, 0.15) is 42.4 Å². The lowest BCUT2D eigenvalue weighted by Crippen LogP contribution is -2.50. The third-order valence-electron chi connectivity index (χ3n) is 4.80. The molecule has 1 aromatic carbocycles. The number of fused-ring (bicyclic) bond motifs is 1. The first-order valence-corrected chi connectivity index (χ1v) is 7.33. The topological polar surface area (TPSA) is 55.1 Å². The van der Waals surface area contributed by atoms with Gasteiger partial charge in [0.05, 0.1) is 5.41 Å². The molecule has 2 aliphatic carbocycles. The van der Waals surface area contributed by atoms with E-state index in [1.165, 1.54) is 36.0 Å². The summed E-state index contributed by atoms with van der Waals surface area (Å²) in [6, 6.07) is 6.60. The first-order chi connectivity index (χ1) is 9.23. The fourth-order valence-corrected chi connectivity index (χ4v) is 3.23. The molecule has 102 valence electrons. The molecule has 0 aliphatic heterocycles. The normalized spacial score (nSPS) is 19.6. The molecule has 0 radical (unpaired) electrons. The van der Waals surface area contributed by atoms with E-state index in [-0.39, 0.29) is 11.3 Å². The van der Waals surface area contributed by atoms with Crippen molar-refractivity contribution in [2.45, 2.75) is 45.1 Å². The van der Waals surface area contributed by atoms with Gasteiger partial charge in [-0.05, 0) is 48.8 Å². The van der Waals surface area contributed by atoms with Crippen LogP contribution in [0.25, 0.3) is 0 Å². The first-order valence-electron chi connectivity index (χ1n) is 7.33. The van der Waals surface area contributed by atoms with Crippen molar-refractivity contribution < 1.29 is 4.79 Å². The van der Waals surface area contributed by atoms with E-state index in [9.17, 15) is 4.79 Å². The Morgan fingerprint density at radius 1 is 1.21 bits per heavy atom. The van der Waals surface area contributed by atoms with E-state index in [1.54, 1.807) is 0 Å². The molecule has 0 unspecified atom stereocenters. The Hall–Kier alpha value is -1.35. The van der Waals surface area contributed by atoms with E-state index in [0.29, 0.717) is 13.1 Å². The second-order valence-corrected chi connectivity index (χ2v) is 5.98. The molecule has 0 heterocycles. The fraction of sp³-hybridized carbons (Fsp3) is 0.562. The molecule has 3 heteroatoms. The third-order valence-corrected chi connectivity index (χ3v) is 4.80. The number of nitrogens with one attached hydrogen (secondary N) is 1. The van der Waals surface area contributed by atoms with E-state index in [0.717, 1.165) is 19.3 Å². The molecule has 2 aliphatic rings. The summed E-state index contributed by atoms with van der Waals surface area (Å²) in [5.41, 5.74) is 9.63. The minimum absolute atomic E-state index is 0.141. The van der Waals surface area contributed by atoms with Gasteiger partial charge in [0.1, 0.15) is 0 Å². The lowest BCUT2D eigenvalue weighted by Gasteiger charge is -2.39. The Morgan fingerprint density at radius 2 is 2.00 bits per heavy atom. The average Bonchev–Trinajstić information content (AvgIpc) is 2.83. The van der Waals surface area contributed by atoms with Gasteiger partial charge in [0.15, 0.2) is 0 Å². The summed E-state index contributed by atoms with van der Waals surface area (Å²) < 4.78 is 0. The molecule has 3 nitrogen and oxygen atoms in total. The van der Waals surface area contributed by atoms with E-state index in [4.69, 9.17) is 5.73 Å². The van der Waals surface area contributed by atoms with Gasteiger partial charge in [-0.2, -0.15) is 0 Å². The van der Waals surface area contributed by atoms with Crippen molar-refractivity contribution in [1.82, 2.24) is 5.32 Å². The van der Waals surface area contributed by atoms with Crippen molar-refractivity contribution in [1.29, 1.82) is 0 Å². The maximum absolute atomic E-state index is 12.2. The number of carbonyl (C=O) groups is 1. The minimum Gasteiger partial charge on any atom is -0.352 e. The summed E-state index contributed by atoms with van der Waals surface area (Å²) in [6.07, 6.45) is 6.67. The zero-order chi connectivity index (χ0) is 13.3. The zero-order valence-electron chi connectivity index (χ0n) is 11.4. The van der Waals surface area contributed by atoms with Crippen LogP contribution in [0.15, 0.2) is 18.2 Å². The minimum atomic E-state index is -0.267. The predicted molar refractivity (Wildman–Crippen MR) is 75.7 cm³/mol. The summed E-state index contributed by atoms with van der Waals surface area (Å²) in [7, 11) is 0. The van der Waals surface area contributed by atoms with Gasteiger partial charge in [-0.15, -0.1) is 0 Å². The number of benzene rings is 1. The van der Waals surface area contributed by atoms with Gasteiger partial charge >= 0.3 is 0 Å². The average molecular weight is 258 g/mol. The van der Waals surface area contributed by atoms with Gasteiger partial charge in [-0.1, -0.05) is 24.6 Å². The monoisotopic (exact) mass is 258 g/mol. The zero-order valence-corrected chi connectivity index (χ0v) is 11.4. The van der Waals surface area contributed by atoms with Crippen molar-refractivity contribution in [2.24, 2.45) is 11.1 Å². The predicted octanol–water partition coefficient (Wildman–Crippen LogP) is 1.92. The van der Waals surface area contributed by atoms with Crippen molar-refractivity contribution in [3.63, 3.8) is 0 Å². The molecule has 1 amide bonds. The van der Waals surface area contributed by atoms with Gasteiger partial charge in [0, 0.05) is 13.1 Å². The van der Waals surface area contributed by atoms with Crippen molar-refractivity contribution in [3.8, 4) is 0 Å². The van der Waals surface area contributed by atoms with Gasteiger partial charge in [-0.3, -0.25) is 4.79 Å².